The van der Waals surface area contributed by atoms with Crippen molar-refractivity contribution < 1.29 is 18.7 Å². The molecule has 0 unspecified atom stereocenters. The van der Waals surface area contributed by atoms with Gasteiger partial charge in [-0.3, -0.25) is 0 Å². The van der Waals surface area contributed by atoms with Crippen molar-refractivity contribution in [3.8, 4) is 5.75 Å². The molecule has 0 aliphatic rings. The van der Waals surface area contributed by atoms with E-state index in [0.29, 0.717) is 11.3 Å². The van der Waals surface area contributed by atoms with Gasteiger partial charge in [0.15, 0.2) is 6.61 Å². The molecule has 0 radical (unpaired) electrons. The lowest BCUT2D eigenvalue weighted by atomic mass is 10.2. The highest BCUT2D eigenvalue weighted by molar-refractivity contribution is 5.71. The fourth-order valence-corrected chi connectivity index (χ4v) is 1.28. The second-order valence-electron chi connectivity index (χ2n) is 4.78. The van der Waals surface area contributed by atoms with Gasteiger partial charge >= 0.3 is 5.97 Å². The van der Waals surface area contributed by atoms with Crippen molar-refractivity contribution in [2.75, 3.05) is 6.61 Å². The summed E-state index contributed by atoms with van der Waals surface area (Å²) in [6, 6.07) is 4.14. The van der Waals surface area contributed by atoms with Crippen LogP contribution < -0.4 is 4.74 Å². The first kappa shape index (κ1) is 13.5. The number of benzene rings is 1. The quantitative estimate of drug-likeness (QED) is 0.762. The molecule has 0 atom stereocenters. The average molecular weight is 240 g/mol. The number of ether oxygens (including phenoxy) is 2. The minimum atomic E-state index is -0.529. The van der Waals surface area contributed by atoms with Crippen molar-refractivity contribution in [3.63, 3.8) is 0 Å². The number of aryl methyl sites for hydroxylation is 1. The fourth-order valence-electron chi connectivity index (χ4n) is 1.28. The molecule has 1 aromatic carbocycles. The van der Waals surface area contributed by atoms with E-state index >= 15 is 0 Å². The lowest BCUT2D eigenvalue weighted by Crippen LogP contribution is -2.27. The summed E-state index contributed by atoms with van der Waals surface area (Å²) in [5, 5.41) is 0. The Balaban J connectivity index is 2.53. The van der Waals surface area contributed by atoms with Crippen LogP contribution in [-0.4, -0.2) is 18.2 Å². The number of hydrogen-bond acceptors (Lipinski definition) is 3. The van der Waals surface area contributed by atoms with E-state index in [4.69, 9.17) is 9.47 Å². The Kier molecular flexibility index (Phi) is 4.10. The Morgan fingerprint density at radius 2 is 2.00 bits per heavy atom. The molecule has 0 aromatic heterocycles. The van der Waals surface area contributed by atoms with Gasteiger partial charge in [-0.1, -0.05) is 0 Å². The third-order valence-corrected chi connectivity index (χ3v) is 1.90. The summed E-state index contributed by atoms with van der Waals surface area (Å²) in [4.78, 5) is 11.4. The third kappa shape index (κ3) is 4.85. The SMILES string of the molecule is Cc1cc(F)ccc1OCC(=O)OC(C)(C)C. The Bertz CT molecular complexity index is 408. The first-order valence-electron chi connectivity index (χ1n) is 5.39. The van der Waals surface area contributed by atoms with E-state index in [1.165, 1.54) is 18.2 Å². The van der Waals surface area contributed by atoms with Crippen LogP contribution in [0.15, 0.2) is 18.2 Å². The highest BCUT2D eigenvalue weighted by atomic mass is 19.1. The zero-order valence-electron chi connectivity index (χ0n) is 10.5. The van der Waals surface area contributed by atoms with Crippen LogP contribution in [0, 0.1) is 12.7 Å². The summed E-state index contributed by atoms with van der Waals surface area (Å²) in [5.74, 6) is -0.286. The van der Waals surface area contributed by atoms with Crippen LogP contribution >= 0.6 is 0 Å². The maximum Gasteiger partial charge on any atom is 0.344 e. The van der Waals surface area contributed by atoms with E-state index in [1.807, 2.05) is 0 Å². The predicted molar refractivity (Wildman–Crippen MR) is 62.5 cm³/mol. The normalized spacial score (nSPS) is 11.1. The van der Waals surface area contributed by atoms with Crippen molar-refractivity contribution in [2.45, 2.75) is 33.3 Å². The molecular formula is C13H17FO3. The van der Waals surface area contributed by atoms with Crippen molar-refractivity contribution in [2.24, 2.45) is 0 Å². The van der Waals surface area contributed by atoms with Crippen LogP contribution in [0.4, 0.5) is 4.39 Å². The monoisotopic (exact) mass is 240 g/mol. The molecule has 0 saturated heterocycles. The number of carbonyl (C=O) groups is 1. The zero-order valence-corrected chi connectivity index (χ0v) is 10.5. The summed E-state index contributed by atoms with van der Waals surface area (Å²) in [5.41, 5.74) is 0.117. The van der Waals surface area contributed by atoms with E-state index in [2.05, 4.69) is 0 Å². The minimum Gasteiger partial charge on any atom is -0.482 e. The van der Waals surface area contributed by atoms with E-state index in [1.54, 1.807) is 27.7 Å². The summed E-state index contributed by atoms with van der Waals surface area (Å²) in [6.45, 7) is 6.90. The van der Waals surface area contributed by atoms with Gasteiger partial charge in [0, 0.05) is 0 Å². The molecule has 0 aliphatic heterocycles. The molecule has 0 saturated carbocycles. The van der Waals surface area contributed by atoms with Crippen LogP contribution in [-0.2, 0) is 9.53 Å². The number of hydrogen-bond donors (Lipinski definition) is 0. The fraction of sp³-hybridized carbons (Fsp3) is 0.462. The molecule has 0 N–H and O–H groups in total. The standard InChI is InChI=1S/C13H17FO3/c1-9-7-10(14)5-6-11(9)16-8-12(15)17-13(2,3)4/h5-7H,8H2,1-4H3. The van der Waals surface area contributed by atoms with Gasteiger partial charge in [-0.2, -0.15) is 0 Å². The number of carbonyl (C=O) groups excluding carboxylic acids is 1. The van der Waals surface area contributed by atoms with E-state index in [0.717, 1.165) is 0 Å². The Morgan fingerprint density at radius 3 is 2.53 bits per heavy atom. The Labute approximate surface area is 101 Å². The molecule has 0 spiro atoms. The smallest absolute Gasteiger partial charge is 0.344 e. The maximum absolute atomic E-state index is 12.8. The molecular weight excluding hydrogens is 223 g/mol. The van der Waals surface area contributed by atoms with Crippen molar-refractivity contribution in [1.82, 2.24) is 0 Å². The summed E-state index contributed by atoms with van der Waals surface area (Å²) >= 11 is 0. The maximum atomic E-state index is 12.8. The molecule has 1 aromatic rings. The van der Waals surface area contributed by atoms with Gasteiger partial charge in [0.1, 0.15) is 17.2 Å². The van der Waals surface area contributed by atoms with Crippen LogP contribution in [0.3, 0.4) is 0 Å². The van der Waals surface area contributed by atoms with E-state index in [-0.39, 0.29) is 12.4 Å². The van der Waals surface area contributed by atoms with Gasteiger partial charge < -0.3 is 9.47 Å². The first-order valence-corrected chi connectivity index (χ1v) is 5.39. The molecule has 1 rings (SSSR count). The largest absolute Gasteiger partial charge is 0.482 e. The van der Waals surface area contributed by atoms with Crippen LogP contribution in [0.2, 0.25) is 0 Å². The van der Waals surface area contributed by atoms with Crippen molar-refractivity contribution >= 4 is 5.97 Å². The Hall–Kier alpha value is -1.58. The van der Waals surface area contributed by atoms with Gasteiger partial charge in [-0.15, -0.1) is 0 Å². The average Bonchev–Trinajstić information content (AvgIpc) is 2.13. The number of esters is 1. The van der Waals surface area contributed by atoms with Gasteiger partial charge in [0.25, 0.3) is 0 Å². The highest BCUT2D eigenvalue weighted by Crippen LogP contribution is 2.18. The third-order valence-electron chi connectivity index (χ3n) is 1.90. The van der Waals surface area contributed by atoms with Gasteiger partial charge in [0.2, 0.25) is 0 Å². The lowest BCUT2D eigenvalue weighted by molar-refractivity contribution is -0.157. The molecule has 0 bridgehead atoms. The number of halogens is 1. The van der Waals surface area contributed by atoms with Gasteiger partial charge in [-0.25, -0.2) is 9.18 Å². The predicted octanol–water partition coefficient (Wildman–Crippen LogP) is 2.85. The molecule has 3 nitrogen and oxygen atoms in total. The second kappa shape index (κ2) is 5.17. The minimum absolute atomic E-state index is 0.177. The molecule has 17 heavy (non-hydrogen) atoms. The number of rotatable bonds is 3. The van der Waals surface area contributed by atoms with Crippen LogP contribution in [0.1, 0.15) is 26.3 Å². The molecule has 4 heteroatoms. The summed E-state index contributed by atoms with van der Waals surface area (Å²) in [6.07, 6.45) is 0. The Morgan fingerprint density at radius 1 is 1.35 bits per heavy atom. The molecule has 0 amide bonds. The van der Waals surface area contributed by atoms with E-state index < -0.39 is 11.6 Å². The lowest BCUT2D eigenvalue weighted by Gasteiger charge is -2.19. The summed E-state index contributed by atoms with van der Waals surface area (Å²) < 4.78 is 23.2. The second-order valence-corrected chi connectivity index (χ2v) is 4.78. The first-order chi connectivity index (χ1) is 7.78. The molecule has 0 fully saturated rings. The molecule has 94 valence electrons. The summed E-state index contributed by atoms with van der Waals surface area (Å²) in [7, 11) is 0. The van der Waals surface area contributed by atoms with Crippen molar-refractivity contribution in [1.29, 1.82) is 0 Å². The molecule has 0 aliphatic carbocycles. The zero-order chi connectivity index (χ0) is 13.1. The highest BCUT2D eigenvalue weighted by Gasteiger charge is 2.16. The van der Waals surface area contributed by atoms with Gasteiger partial charge in [0.05, 0.1) is 0 Å². The topological polar surface area (TPSA) is 35.5 Å². The van der Waals surface area contributed by atoms with Crippen LogP contribution in [0.25, 0.3) is 0 Å². The molecule has 0 heterocycles. The van der Waals surface area contributed by atoms with Gasteiger partial charge in [-0.05, 0) is 51.5 Å². The van der Waals surface area contributed by atoms with E-state index in [9.17, 15) is 9.18 Å². The van der Waals surface area contributed by atoms with Crippen molar-refractivity contribution in [3.05, 3.63) is 29.6 Å². The van der Waals surface area contributed by atoms with Crippen LogP contribution in [0.5, 0.6) is 5.75 Å².